The first-order valence-corrected chi connectivity index (χ1v) is 12.5. The first kappa shape index (κ1) is 25.0. The molecule has 0 radical (unpaired) electrons. The largest absolute Gasteiger partial charge is 0.357 e. The van der Waals surface area contributed by atoms with E-state index < -0.39 is 11.9 Å². The summed E-state index contributed by atoms with van der Waals surface area (Å²) >= 11 is 4.90. The molecule has 0 aliphatic carbocycles. The fraction of sp³-hybridized carbons (Fsp3) is 0.231. The zero-order chi connectivity index (χ0) is 23.6. The van der Waals surface area contributed by atoms with Gasteiger partial charge in [0.2, 0.25) is 11.8 Å². The number of amides is 2. The maximum absolute atomic E-state index is 14.4. The summed E-state index contributed by atoms with van der Waals surface area (Å²) < 4.78 is 15.4. The lowest BCUT2D eigenvalue weighted by molar-refractivity contribution is -0.139. The molecule has 0 heterocycles. The third-order valence-corrected chi connectivity index (χ3v) is 6.74. The van der Waals surface area contributed by atoms with Crippen molar-refractivity contribution < 1.29 is 14.0 Å². The Morgan fingerprint density at radius 3 is 2.30 bits per heavy atom. The Balaban J connectivity index is 1.81. The molecule has 172 valence electrons. The Hall–Kier alpha value is -2.64. The van der Waals surface area contributed by atoms with Crippen molar-refractivity contribution in [3.63, 3.8) is 0 Å². The van der Waals surface area contributed by atoms with Gasteiger partial charge in [-0.1, -0.05) is 76.6 Å². The number of benzene rings is 3. The highest BCUT2D eigenvalue weighted by atomic mass is 79.9. The van der Waals surface area contributed by atoms with E-state index in [9.17, 15) is 14.0 Å². The minimum Gasteiger partial charge on any atom is -0.357 e. The van der Waals surface area contributed by atoms with Crippen molar-refractivity contribution in [3.05, 3.63) is 106 Å². The predicted octanol–water partition coefficient (Wildman–Crippen LogP) is 5.21. The van der Waals surface area contributed by atoms with Crippen molar-refractivity contribution >= 4 is 39.5 Å². The van der Waals surface area contributed by atoms with Crippen molar-refractivity contribution in [2.75, 3.05) is 12.8 Å². The Bertz CT molecular complexity index is 1060. The fourth-order valence-electron chi connectivity index (χ4n) is 3.45. The number of rotatable bonds is 10. The van der Waals surface area contributed by atoms with Crippen LogP contribution >= 0.6 is 27.7 Å². The van der Waals surface area contributed by atoms with Crippen molar-refractivity contribution in [2.45, 2.75) is 24.8 Å². The molecule has 0 aliphatic rings. The lowest BCUT2D eigenvalue weighted by Gasteiger charge is -2.31. The number of nitrogens with one attached hydrogen (secondary N) is 1. The highest BCUT2D eigenvalue weighted by molar-refractivity contribution is 9.10. The highest BCUT2D eigenvalue weighted by Crippen LogP contribution is 2.20. The number of hydrogen-bond donors (Lipinski definition) is 1. The van der Waals surface area contributed by atoms with Crippen LogP contribution in [-0.2, 0) is 28.3 Å². The number of halogens is 2. The molecular formula is C26H26BrFN2O2S. The Morgan fingerprint density at radius 1 is 0.970 bits per heavy atom. The Kier molecular flexibility index (Phi) is 9.51. The summed E-state index contributed by atoms with van der Waals surface area (Å²) in [6, 6.07) is 23.1. The highest BCUT2D eigenvalue weighted by Gasteiger charge is 2.30. The van der Waals surface area contributed by atoms with E-state index in [4.69, 9.17) is 0 Å². The van der Waals surface area contributed by atoms with Crippen molar-refractivity contribution in [1.29, 1.82) is 0 Å². The van der Waals surface area contributed by atoms with Gasteiger partial charge in [0.25, 0.3) is 0 Å². The van der Waals surface area contributed by atoms with Gasteiger partial charge >= 0.3 is 0 Å². The van der Waals surface area contributed by atoms with Gasteiger partial charge in [0.1, 0.15) is 11.9 Å². The van der Waals surface area contributed by atoms with Crippen LogP contribution in [0.4, 0.5) is 4.39 Å². The zero-order valence-electron chi connectivity index (χ0n) is 18.3. The fourth-order valence-corrected chi connectivity index (χ4v) is 4.59. The van der Waals surface area contributed by atoms with Gasteiger partial charge in [0, 0.05) is 35.8 Å². The summed E-state index contributed by atoms with van der Waals surface area (Å²) in [4.78, 5) is 27.7. The van der Waals surface area contributed by atoms with E-state index in [0.29, 0.717) is 17.7 Å². The average Bonchev–Trinajstić information content (AvgIpc) is 2.83. The molecule has 0 saturated carbocycles. The molecule has 0 aromatic heterocycles. The van der Waals surface area contributed by atoms with E-state index in [2.05, 4.69) is 21.2 Å². The molecule has 0 bridgehead atoms. The van der Waals surface area contributed by atoms with E-state index in [1.54, 1.807) is 25.2 Å². The average molecular weight is 529 g/mol. The number of hydrogen-bond acceptors (Lipinski definition) is 3. The molecule has 3 aromatic rings. The van der Waals surface area contributed by atoms with E-state index in [1.807, 2.05) is 54.6 Å². The molecule has 0 saturated heterocycles. The zero-order valence-corrected chi connectivity index (χ0v) is 20.7. The van der Waals surface area contributed by atoms with Crippen LogP contribution in [0.3, 0.4) is 0 Å². The minimum atomic E-state index is -0.752. The summed E-state index contributed by atoms with van der Waals surface area (Å²) in [7, 11) is 1.55. The maximum Gasteiger partial charge on any atom is 0.242 e. The van der Waals surface area contributed by atoms with E-state index in [0.717, 1.165) is 15.6 Å². The number of carbonyl (C=O) groups excluding carboxylic acids is 2. The van der Waals surface area contributed by atoms with Gasteiger partial charge in [0.15, 0.2) is 0 Å². The van der Waals surface area contributed by atoms with Gasteiger partial charge in [-0.15, -0.1) is 11.8 Å². The molecular weight excluding hydrogens is 503 g/mol. The monoisotopic (exact) mass is 528 g/mol. The Labute approximate surface area is 206 Å². The Morgan fingerprint density at radius 2 is 1.64 bits per heavy atom. The van der Waals surface area contributed by atoms with Crippen LogP contribution in [-0.4, -0.2) is 35.6 Å². The number of thioether (sulfide) groups is 1. The molecule has 4 nitrogen and oxygen atoms in total. The lowest BCUT2D eigenvalue weighted by atomic mass is 10.0. The van der Waals surface area contributed by atoms with Gasteiger partial charge in [-0.2, -0.15) is 0 Å². The molecule has 0 spiro atoms. The van der Waals surface area contributed by atoms with Crippen molar-refractivity contribution in [3.8, 4) is 0 Å². The summed E-state index contributed by atoms with van der Waals surface area (Å²) in [5, 5.41) is 2.67. The normalized spacial score (nSPS) is 11.6. The van der Waals surface area contributed by atoms with Gasteiger partial charge in [-0.05, 0) is 29.3 Å². The molecule has 0 unspecified atom stereocenters. The van der Waals surface area contributed by atoms with Crippen LogP contribution in [0.2, 0.25) is 0 Å². The van der Waals surface area contributed by atoms with Crippen LogP contribution in [0.1, 0.15) is 16.7 Å². The minimum absolute atomic E-state index is 0.0231. The quantitative estimate of drug-likeness (QED) is 0.393. The number of likely N-dealkylation sites (N-methyl/N-ethyl adjacent to an activating group) is 1. The smallest absolute Gasteiger partial charge is 0.242 e. The lowest BCUT2D eigenvalue weighted by Crippen LogP contribution is -2.50. The van der Waals surface area contributed by atoms with Gasteiger partial charge in [-0.25, -0.2) is 4.39 Å². The maximum atomic E-state index is 14.4. The number of nitrogens with zero attached hydrogens (tertiary/aromatic N) is 1. The molecule has 1 N–H and O–H groups in total. The second-order valence-electron chi connectivity index (χ2n) is 7.55. The molecule has 2 amide bonds. The van der Waals surface area contributed by atoms with Gasteiger partial charge in [0.05, 0.1) is 5.75 Å². The molecule has 33 heavy (non-hydrogen) atoms. The van der Waals surface area contributed by atoms with E-state index >= 15 is 0 Å². The third-order valence-electron chi connectivity index (χ3n) is 5.22. The predicted molar refractivity (Wildman–Crippen MR) is 135 cm³/mol. The first-order chi connectivity index (χ1) is 16.0. The molecule has 3 rings (SSSR count). The van der Waals surface area contributed by atoms with Gasteiger partial charge in [-0.3, -0.25) is 9.59 Å². The van der Waals surface area contributed by atoms with Crippen LogP contribution in [0.25, 0.3) is 0 Å². The summed E-state index contributed by atoms with van der Waals surface area (Å²) in [5.41, 5.74) is 2.41. The molecule has 1 atom stereocenters. The molecule has 3 aromatic carbocycles. The second-order valence-corrected chi connectivity index (χ2v) is 9.45. The van der Waals surface area contributed by atoms with Gasteiger partial charge < -0.3 is 10.2 Å². The van der Waals surface area contributed by atoms with Crippen LogP contribution in [0.15, 0.2) is 83.3 Å². The molecule has 7 heteroatoms. The summed E-state index contributed by atoms with van der Waals surface area (Å²) in [6.45, 7) is 0.0231. The van der Waals surface area contributed by atoms with Crippen molar-refractivity contribution in [2.24, 2.45) is 0 Å². The first-order valence-electron chi connectivity index (χ1n) is 10.6. The van der Waals surface area contributed by atoms with Crippen LogP contribution < -0.4 is 5.32 Å². The standard InChI is InChI=1S/C26H26BrFN2O2S/c1-29-26(32)24(15-19-7-3-2-4-8-19)30(16-21-9-5-6-10-23(21)28)25(31)18-33-17-20-11-13-22(27)14-12-20/h2-14,24H,15-18H2,1H3,(H,29,32)/t24-/m1/s1. The molecule has 0 fully saturated rings. The summed E-state index contributed by atoms with van der Waals surface area (Å²) in [5.74, 6) is -0.0255. The topological polar surface area (TPSA) is 49.4 Å². The van der Waals surface area contributed by atoms with E-state index in [-0.39, 0.29) is 24.1 Å². The van der Waals surface area contributed by atoms with Crippen LogP contribution in [0, 0.1) is 5.82 Å². The van der Waals surface area contributed by atoms with Crippen molar-refractivity contribution in [1.82, 2.24) is 10.2 Å². The summed E-state index contributed by atoms with van der Waals surface area (Å²) in [6.07, 6.45) is 0.345. The molecule has 0 aliphatic heterocycles. The van der Waals surface area contributed by atoms with E-state index in [1.165, 1.54) is 22.7 Å². The number of carbonyl (C=O) groups is 2. The third kappa shape index (κ3) is 7.44. The SMILES string of the molecule is CNC(=O)[C@@H](Cc1ccccc1)N(Cc1ccccc1F)C(=O)CSCc1ccc(Br)cc1. The van der Waals surface area contributed by atoms with Crippen LogP contribution in [0.5, 0.6) is 0 Å². The second kappa shape index (κ2) is 12.6.